The van der Waals surface area contributed by atoms with Gasteiger partial charge in [0.05, 0.1) is 12.2 Å². The molecule has 0 atom stereocenters. The SMILES string of the molecule is CCOc1ccc([CH]c2ccccc2)c(OCOC)c1C=C=O. The number of hydrogen-bond acceptors (Lipinski definition) is 4. The minimum Gasteiger partial charge on any atom is -0.493 e. The van der Waals surface area contributed by atoms with Crippen molar-refractivity contribution in [2.45, 2.75) is 6.92 Å². The van der Waals surface area contributed by atoms with Crippen molar-refractivity contribution in [3.05, 3.63) is 65.6 Å². The van der Waals surface area contributed by atoms with Gasteiger partial charge in [0.25, 0.3) is 0 Å². The van der Waals surface area contributed by atoms with Crippen molar-refractivity contribution in [2.24, 2.45) is 0 Å². The second-order valence-electron chi connectivity index (χ2n) is 4.70. The van der Waals surface area contributed by atoms with Crippen LogP contribution in [0.25, 0.3) is 6.08 Å². The third kappa shape index (κ3) is 4.46. The summed E-state index contributed by atoms with van der Waals surface area (Å²) in [5, 5.41) is 0. The lowest BCUT2D eigenvalue weighted by atomic mass is 10.0. The number of carbonyl (C=O) groups excluding carboxylic acids is 1. The van der Waals surface area contributed by atoms with Crippen LogP contribution in [-0.2, 0) is 9.53 Å². The molecule has 2 aromatic rings. The molecule has 0 amide bonds. The highest BCUT2D eigenvalue weighted by molar-refractivity contribution is 5.81. The maximum absolute atomic E-state index is 10.9. The lowest BCUT2D eigenvalue weighted by Crippen LogP contribution is -2.05. The van der Waals surface area contributed by atoms with Crippen molar-refractivity contribution in [1.82, 2.24) is 0 Å². The molecular weight excluding hydrogens is 292 g/mol. The van der Waals surface area contributed by atoms with Gasteiger partial charge in [0.2, 0.25) is 0 Å². The van der Waals surface area contributed by atoms with E-state index in [-0.39, 0.29) is 6.79 Å². The van der Waals surface area contributed by atoms with Crippen molar-refractivity contribution >= 4 is 12.0 Å². The fourth-order valence-corrected chi connectivity index (χ4v) is 2.20. The molecule has 4 heteroatoms. The van der Waals surface area contributed by atoms with Gasteiger partial charge < -0.3 is 14.2 Å². The summed E-state index contributed by atoms with van der Waals surface area (Å²) >= 11 is 0. The first kappa shape index (κ1) is 16.8. The Balaban J connectivity index is 2.47. The van der Waals surface area contributed by atoms with Crippen molar-refractivity contribution in [3.63, 3.8) is 0 Å². The number of rotatable bonds is 8. The molecule has 2 rings (SSSR count). The Morgan fingerprint density at radius 2 is 1.87 bits per heavy atom. The lowest BCUT2D eigenvalue weighted by Gasteiger charge is -2.16. The van der Waals surface area contributed by atoms with E-state index in [1.54, 1.807) is 13.1 Å². The maximum atomic E-state index is 10.9. The number of benzene rings is 2. The molecule has 0 fully saturated rings. The topological polar surface area (TPSA) is 44.8 Å². The molecule has 0 aliphatic carbocycles. The number of methoxy groups -OCH3 is 1. The van der Waals surface area contributed by atoms with Crippen LogP contribution in [0.3, 0.4) is 0 Å². The van der Waals surface area contributed by atoms with Gasteiger partial charge in [0, 0.05) is 25.2 Å². The van der Waals surface area contributed by atoms with E-state index in [9.17, 15) is 4.79 Å². The van der Waals surface area contributed by atoms with Gasteiger partial charge in [-0.2, -0.15) is 0 Å². The first-order valence-corrected chi connectivity index (χ1v) is 7.32. The van der Waals surface area contributed by atoms with Crippen LogP contribution in [0.1, 0.15) is 23.6 Å². The highest BCUT2D eigenvalue weighted by Gasteiger charge is 2.15. The van der Waals surface area contributed by atoms with E-state index in [1.807, 2.05) is 55.8 Å². The monoisotopic (exact) mass is 311 g/mol. The summed E-state index contributed by atoms with van der Waals surface area (Å²) in [6, 6.07) is 13.6. The molecule has 0 aliphatic rings. The molecule has 0 heterocycles. The smallest absolute Gasteiger partial charge is 0.188 e. The summed E-state index contributed by atoms with van der Waals surface area (Å²) < 4.78 is 16.3. The van der Waals surface area contributed by atoms with Crippen molar-refractivity contribution in [1.29, 1.82) is 0 Å². The fourth-order valence-electron chi connectivity index (χ4n) is 2.20. The third-order valence-electron chi connectivity index (χ3n) is 3.13. The van der Waals surface area contributed by atoms with E-state index in [0.29, 0.717) is 23.7 Å². The number of ether oxygens (including phenoxy) is 3. The van der Waals surface area contributed by atoms with Crippen molar-refractivity contribution in [3.8, 4) is 11.5 Å². The van der Waals surface area contributed by atoms with E-state index >= 15 is 0 Å². The Labute approximate surface area is 136 Å². The Hall–Kier alpha value is -2.55. The van der Waals surface area contributed by atoms with Crippen LogP contribution >= 0.6 is 0 Å². The highest BCUT2D eigenvalue weighted by Crippen LogP contribution is 2.35. The summed E-state index contributed by atoms with van der Waals surface area (Å²) in [6.07, 6.45) is 3.29. The van der Waals surface area contributed by atoms with Crippen LogP contribution in [0.2, 0.25) is 0 Å². The Morgan fingerprint density at radius 3 is 2.52 bits per heavy atom. The molecule has 0 saturated carbocycles. The van der Waals surface area contributed by atoms with Crippen molar-refractivity contribution in [2.75, 3.05) is 20.5 Å². The standard InChI is InChI=1S/C19H19O4/c1-3-22-18-10-9-16(13-15-7-5-4-6-8-15)19(23-14-21-2)17(18)11-12-20/h4-11,13H,3,14H2,1-2H3. The molecule has 0 aromatic heterocycles. The molecule has 0 unspecified atom stereocenters. The lowest BCUT2D eigenvalue weighted by molar-refractivity contribution is 0.0504. The summed E-state index contributed by atoms with van der Waals surface area (Å²) in [5.41, 5.74) is 2.42. The van der Waals surface area contributed by atoms with Gasteiger partial charge in [-0.25, -0.2) is 4.79 Å². The first-order chi connectivity index (χ1) is 11.3. The van der Waals surface area contributed by atoms with Gasteiger partial charge in [-0.15, -0.1) is 0 Å². The molecule has 0 N–H and O–H groups in total. The molecule has 0 aliphatic heterocycles. The largest absolute Gasteiger partial charge is 0.493 e. The zero-order chi connectivity index (χ0) is 16.5. The van der Waals surface area contributed by atoms with Crippen LogP contribution < -0.4 is 9.47 Å². The normalized spacial score (nSPS) is 10.0. The average molecular weight is 311 g/mol. The summed E-state index contributed by atoms with van der Waals surface area (Å²) in [4.78, 5) is 10.9. The van der Waals surface area contributed by atoms with E-state index in [0.717, 1.165) is 11.1 Å². The quantitative estimate of drug-likeness (QED) is 0.553. The van der Waals surface area contributed by atoms with Crippen LogP contribution in [-0.4, -0.2) is 26.5 Å². The van der Waals surface area contributed by atoms with Gasteiger partial charge in [-0.1, -0.05) is 36.4 Å². The predicted octanol–water partition coefficient (Wildman–Crippen LogP) is 3.51. The van der Waals surface area contributed by atoms with Gasteiger partial charge in [0.15, 0.2) is 6.79 Å². The predicted molar refractivity (Wildman–Crippen MR) is 89.2 cm³/mol. The van der Waals surface area contributed by atoms with Crippen LogP contribution in [0.15, 0.2) is 42.5 Å². The fraction of sp³-hybridized carbons (Fsp3) is 0.211. The number of hydrogen-bond donors (Lipinski definition) is 0. The average Bonchev–Trinajstić information content (AvgIpc) is 2.58. The minimum atomic E-state index is 0.0743. The zero-order valence-corrected chi connectivity index (χ0v) is 13.2. The molecular formula is C19H19O4. The molecule has 1 radical (unpaired) electrons. The molecule has 0 bridgehead atoms. The Bertz CT molecular complexity index is 673. The first-order valence-electron chi connectivity index (χ1n) is 7.32. The molecule has 119 valence electrons. The highest BCUT2D eigenvalue weighted by atomic mass is 16.7. The molecule has 0 spiro atoms. The Kier molecular flexibility index (Phi) is 6.42. The van der Waals surface area contributed by atoms with Gasteiger partial charge >= 0.3 is 0 Å². The molecule has 4 nitrogen and oxygen atoms in total. The zero-order valence-electron chi connectivity index (χ0n) is 13.2. The van der Waals surface area contributed by atoms with Crippen molar-refractivity contribution < 1.29 is 19.0 Å². The van der Waals surface area contributed by atoms with E-state index in [2.05, 4.69) is 0 Å². The van der Waals surface area contributed by atoms with E-state index < -0.39 is 0 Å². The summed E-state index contributed by atoms with van der Waals surface area (Å²) in [6.45, 7) is 2.45. The summed E-state index contributed by atoms with van der Waals surface area (Å²) in [5.74, 6) is 2.91. The minimum absolute atomic E-state index is 0.0743. The molecule has 23 heavy (non-hydrogen) atoms. The van der Waals surface area contributed by atoms with Crippen LogP contribution in [0.5, 0.6) is 11.5 Å². The van der Waals surface area contributed by atoms with E-state index in [4.69, 9.17) is 14.2 Å². The second-order valence-corrected chi connectivity index (χ2v) is 4.70. The van der Waals surface area contributed by atoms with E-state index in [1.165, 1.54) is 6.08 Å². The summed E-state index contributed by atoms with van der Waals surface area (Å²) in [7, 11) is 1.54. The second kappa shape index (κ2) is 8.79. The van der Waals surface area contributed by atoms with Gasteiger partial charge in [-0.3, -0.25) is 0 Å². The molecule has 0 saturated heterocycles. The maximum Gasteiger partial charge on any atom is 0.188 e. The third-order valence-corrected chi connectivity index (χ3v) is 3.13. The van der Waals surface area contributed by atoms with Crippen LogP contribution in [0.4, 0.5) is 0 Å². The van der Waals surface area contributed by atoms with Gasteiger partial charge in [-0.05, 0) is 18.6 Å². The molecule has 2 aromatic carbocycles. The van der Waals surface area contributed by atoms with Crippen LogP contribution in [0, 0.1) is 6.42 Å². The van der Waals surface area contributed by atoms with Gasteiger partial charge in [0.1, 0.15) is 17.4 Å². The Morgan fingerprint density at radius 1 is 1.09 bits per heavy atom.